The fourth-order valence-electron chi connectivity index (χ4n) is 2.43. The average molecular weight is 234 g/mol. The van der Waals surface area contributed by atoms with Crippen molar-refractivity contribution in [2.24, 2.45) is 0 Å². The lowest BCUT2D eigenvalue weighted by Crippen LogP contribution is -2.43. The standard InChI is InChI=1S/C11H10N2O4/c14-10-5-17-9-3-6-1-2-7(13(15)16)4-8(6)11(9)12-10/h1-2,4,9,11H,3,5H2,(H,12,14)/t9?,11-/m1/s1. The maximum Gasteiger partial charge on any atom is 0.269 e. The molecule has 1 aromatic rings. The molecule has 1 N–H and O–H groups in total. The summed E-state index contributed by atoms with van der Waals surface area (Å²) in [5.74, 6) is -0.175. The quantitative estimate of drug-likeness (QED) is 0.573. The molecule has 1 aliphatic carbocycles. The van der Waals surface area contributed by atoms with Crippen LogP contribution in [0.2, 0.25) is 0 Å². The molecule has 1 aromatic carbocycles. The van der Waals surface area contributed by atoms with Crippen LogP contribution in [0, 0.1) is 10.1 Å². The van der Waals surface area contributed by atoms with Gasteiger partial charge in [0.25, 0.3) is 5.69 Å². The maximum atomic E-state index is 11.3. The number of carbonyl (C=O) groups excluding carboxylic acids is 1. The Morgan fingerprint density at radius 2 is 2.29 bits per heavy atom. The number of nitrogens with one attached hydrogen (secondary N) is 1. The van der Waals surface area contributed by atoms with E-state index in [1.54, 1.807) is 6.07 Å². The Morgan fingerprint density at radius 3 is 3.06 bits per heavy atom. The van der Waals surface area contributed by atoms with Crippen LogP contribution in [0.1, 0.15) is 17.2 Å². The second-order valence-electron chi connectivity index (χ2n) is 4.24. The molecule has 0 saturated carbocycles. The number of rotatable bonds is 1. The van der Waals surface area contributed by atoms with Crippen molar-refractivity contribution in [1.29, 1.82) is 0 Å². The third-order valence-corrected chi connectivity index (χ3v) is 3.21. The van der Waals surface area contributed by atoms with Crippen LogP contribution in [0.5, 0.6) is 0 Å². The Morgan fingerprint density at radius 1 is 1.47 bits per heavy atom. The molecule has 17 heavy (non-hydrogen) atoms. The molecule has 6 nitrogen and oxygen atoms in total. The summed E-state index contributed by atoms with van der Waals surface area (Å²) in [6, 6.07) is 4.50. The number of carbonyl (C=O) groups is 1. The Kier molecular flexibility index (Phi) is 2.12. The number of hydrogen-bond acceptors (Lipinski definition) is 4. The number of nitrogens with zero attached hydrogens (tertiary/aromatic N) is 1. The predicted molar refractivity (Wildman–Crippen MR) is 57.4 cm³/mol. The van der Waals surface area contributed by atoms with Crippen LogP contribution in [0.25, 0.3) is 0 Å². The van der Waals surface area contributed by atoms with Gasteiger partial charge < -0.3 is 10.1 Å². The van der Waals surface area contributed by atoms with Crippen LogP contribution in [-0.2, 0) is 16.0 Å². The van der Waals surface area contributed by atoms with Crippen LogP contribution in [0.3, 0.4) is 0 Å². The number of ether oxygens (including phenoxy) is 1. The molecule has 1 saturated heterocycles. The maximum absolute atomic E-state index is 11.3. The van der Waals surface area contributed by atoms with Crippen LogP contribution in [0.4, 0.5) is 5.69 Å². The van der Waals surface area contributed by atoms with Crippen molar-refractivity contribution in [3.63, 3.8) is 0 Å². The van der Waals surface area contributed by atoms with Gasteiger partial charge in [-0.2, -0.15) is 0 Å². The largest absolute Gasteiger partial charge is 0.366 e. The summed E-state index contributed by atoms with van der Waals surface area (Å²) in [4.78, 5) is 21.5. The van der Waals surface area contributed by atoms with Crippen LogP contribution < -0.4 is 5.32 Å². The fraction of sp³-hybridized carbons (Fsp3) is 0.364. The minimum atomic E-state index is -0.431. The molecule has 1 fully saturated rings. The van der Waals surface area contributed by atoms with Gasteiger partial charge in [-0.25, -0.2) is 0 Å². The second kappa shape index (κ2) is 3.53. The molecular formula is C11H10N2O4. The molecule has 2 aliphatic rings. The first kappa shape index (κ1) is 10.2. The van der Waals surface area contributed by atoms with E-state index in [0.29, 0.717) is 6.42 Å². The van der Waals surface area contributed by atoms with Crippen molar-refractivity contribution in [2.45, 2.75) is 18.6 Å². The molecule has 0 bridgehead atoms. The summed E-state index contributed by atoms with van der Waals surface area (Å²) < 4.78 is 5.42. The number of hydrogen-bond donors (Lipinski definition) is 1. The first-order chi connectivity index (χ1) is 8.15. The normalized spacial score (nSPS) is 26.0. The topological polar surface area (TPSA) is 81.5 Å². The molecule has 1 unspecified atom stereocenters. The third-order valence-electron chi connectivity index (χ3n) is 3.21. The van der Waals surface area contributed by atoms with E-state index in [9.17, 15) is 14.9 Å². The Labute approximate surface area is 96.7 Å². The SMILES string of the molecule is O=C1COC2Cc3ccc([N+](=O)[O-])cc3[C@H]2N1. The zero-order valence-electron chi connectivity index (χ0n) is 8.88. The molecule has 0 spiro atoms. The first-order valence-electron chi connectivity index (χ1n) is 5.33. The molecule has 3 rings (SSSR count). The number of benzene rings is 1. The van der Waals surface area contributed by atoms with Gasteiger partial charge in [0.05, 0.1) is 17.1 Å². The minimum Gasteiger partial charge on any atom is -0.366 e. The van der Waals surface area contributed by atoms with E-state index >= 15 is 0 Å². The number of nitro groups is 1. The zero-order chi connectivity index (χ0) is 12.0. The van der Waals surface area contributed by atoms with Crippen LogP contribution >= 0.6 is 0 Å². The van der Waals surface area contributed by atoms with Crippen LogP contribution in [0.15, 0.2) is 18.2 Å². The monoisotopic (exact) mass is 234 g/mol. The highest BCUT2D eigenvalue weighted by Crippen LogP contribution is 2.36. The van der Waals surface area contributed by atoms with E-state index in [0.717, 1.165) is 11.1 Å². The van der Waals surface area contributed by atoms with Crippen molar-refractivity contribution in [1.82, 2.24) is 5.32 Å². The van der Waals surface area contributed by atoms with Gasteiger partial charge in [0.1, 0.15) is 6.61 Å². The van der Waals surface area contributed by atoms with E-state index in [-0.39, 0.29) is 30.3 Å². The Balaban J connectivity index is 2.01. The van der Waals surface area contributed by atoms with Crippen LogP contribution in [-0.4, -0.2) is 23.5 Å². The lowest BCUT2D eigenvalue weighted by molar-refractivity contribution is -0.384. The summed E-state index contributed by atoms with van der Waals surface area (Å²) in [5.41, 5.74) is 1.86. The number of non-ortho nitro benzene ring substituents is 1. The number of nitro benzene ring substituents is 1. The highest BCUT2D eigenvalue weighted by Gasteiger charge is 2.38. The smallest absolute Gasteiger partial charge is 0.269 e. The van der Waals surface area contributed by atoms with Crippen molar-refractivity contribution < 1.29 is 14.5 Å². The molecule has 6 heteroatoms. The highest BCUT2D eigenvalue weighted by atomic mass is 16.6. The van der Waals surface area contributed by atoms with Crippen molar-refractivity contribution >= 4 is 11.6 Å². The van der Waals surface area contributed by atoms with Gasteiger partial charge in [0.15, 0.2) is 0 Å². The number of amides is 1. The fourth-order valence-corrected chi connectivity index (χ4v) is 2.43. The van der Waals surface area contributed by atoms with Gasteiger partial charge >= 0.3 is 0 Å². The zero-order valence-corrected chi connectivity index (χ0v) is 8.88. The molecule has 0 aromatic heterocycles. The van der Waals surface area contributed by atoms with E-state index in [2.05, 4.69) is 5.32 Å². The summed E-state index contributed by atoms with van der Waals surface area (Å²) >= 11 is 0. The molecule has 0 radical (unpaired) electrons. The van der Waals surface area contributed by atoms with E-state index in [1.165, 1.54) is 12.1 Å². The second-order valence-corrected chi connectivity index (χ2v) is 4.24. The van der Waals surface area contributed by atoms with Gasteiger partial charge in [-0.15, -0.1) is 0 Å². The highest BCUT2D eigenvalue weighted by molar-refractivity contribution is 5.79. The molecule has 1 amide bonds. The Hall–Kier alpha value is -1.95. The molecular weight excluding hydrogens is 224 g/mol. The Bertz CT molecular complexity index is 514. The molecule has 1 heterocycles. The lowest BCUT2D eigenvalue weighted by atomic mass is 10.1. The summed E-state index contributed by atoms with van der Waals surface area (Å²) in [5, 5.41) is 13.5. The van der Waals surface area contributed by atoms with Gasteiger partial charge in [-0.1, -0.05) is 6.07 Å². The van der Waals surface area contributed by atoms with E-state index in [1.807, 2.05) is 0 Å². The predicted octanol–water partition coefficient (Wildman–Crippen LogP) is 0.707. The average Bonchev–Trinajstić information content (AvgIpc) is 2.66. The molecule has 2 atom stereocenters. The molecule has 1 aliphatic heterocycles. The number of fused-ring (bicyclic) bond motifs is 3. The van der Waals surface area contributed by atoms with Gasteiger partial charge in [0, 0.05) is 18.6 Å². The van der Waals surface area contributed by atoms with E-state index < -0.39 is 4.92 Å². The first-order valence-corrected chi connectivity index (χ1v) is 5.33. The summed E-state index contributed by atoms with van der Waals surface area (Å²) in [7, 11) is 0. The lowest BCUT2D eigenvalue weighted by Gasteiger charge is -2.27. The van der Waals surface area contributed by atoms with Gasteiger partial charge in [-0.3, -0.25) is 14.9 Å². The summed E-state index contributed by atoms with van der Waals surface area (Å²) in [6.45, 7) is 0.0667. The van der Waals surface area contributed by atoms with E-state index in [4.69, 9.17) is 4.74 Å². The minimum absolute atomic E-state index is 0.0456. The molecule has 88 valence electrons. The third kappa shape index (κ3) is 1.57. The van der Waals surface area contributed by atoms with Crippen molar-refractivity contribution in [3.8, 4) is 0 Å². The summed E-state index contributed by atoms with van der Waals surface area (Å²) in [6.07, 6.45) is 0.600. The van der Waals surface area contributed by atoms with Crippen molar-refractivity contribution in [2.75, 3.05) is 6.61 Å². The van der Waals surface area contributed by atoms with Gasteiger partial charge in [-0.05, 0) is 11.1 Å². The number of morpholine rings is 1. The van der Waals surface area contributed by atoms with Gasteiger partial charge in [0.2, 0.25) is 5.91 Å². The van der Waals surface area contributed by atoms with Crippen molar-refractivity contribution in [3.05, 3.63) is 39.4 Å².